The Kier molecular flexibility index (Phi) is 3.99. The van der Waals surface area contributed by atoms with Gasteiger partial charge in [-0.1, -0.05) is 11.6 Å². The molecule has 0 spiro atoms. The van der Waals surface area contributed by atoms with Crippen molar-refractivity contribution < 1.29 is 4.74 Å². The quantitative estimate of drug-likeness (QED) is 0.876. The van der Waals surface area contributed by atoms with Crippen LogP contribution >= 0.6 is 0 Å². The van der Waals surface area contributed by atoms with Gasteiger partial charge in [-0.05, 0) is 26.1 Å². The molecule has 2 rings (SSSR count). The van der Waals surface area contributed by atoms with E-state index >= 15 is 0 Å². The molecule has 1 heterocycles. The second kappa shape index (κ2) is 5.69. The summed E-state index contributed by atoms with van der Waals surface area (Å²) in [7, 11) is 3.65. The largest absolute Gasteiger partial charge is 0.496 e. The van der Waals surface area contributed by atoms with Crippen LogP contribution in [0.1, 0.15) is 5.56 Å². The van der Waals surface area contributed by atoms with E-state index < -0.39 is 0 Å². The van der Waals surface area contributed by atoms with E-state index in [0.717, 1.165) is 30.1 Å². The molecule has 0 aliphatic rings. The normalized spacial score (nSPS) is 10.6. The van der Waals surface area contributed by atoms with Crippen LogP contribution in [0.2, 0.25) is 0 Å². The van der Waals surface area contributed by atoms with E-state index in [1.165, 1.54) is 5.56 Å². The first-order valence-electron chi connectivity index (χ1n) is 6.06. The van der Waals surface area contributed by atoms with Crippen LogP contribution in [0.3, 0.4) is 0 Å². The maximum absolute atomic E-state index is 5.43. The van der Waals surface area contributed by atoms with Crippen molar-refractivity contribution in [2.24, 2.45) is 0 Å². The molecule has 18 heavy (non-hydrogen) atoms. The molecule has 1 aromatic heterocycles. The smallest absolute Gasteiger partial charge is 0.128 e. The highest BCUT2D eigenvalue weighted by Gasteiger charge is 2.10. The van der Waals surface area contributed by atoms with Gasteiger partial charge in [0.25, 0.3) is 0 Å². The molecule has 4 nitrogen and oxygen atoms in total. The summed E-state index contributed by atoms with van der Waals surface area (Å²) in [5.74, 6) is 0.881. The number of hydrogen-bond donors (Lipinski definition) is 1. The van der Waals surface area contributed by atoms with Gasteiger partial charge in [0.1, 0.15) is 5.75 Å². The van der Waals surface area contributed by atoms with Gasteiger partial charge in [0, 0.05) is 18.7 Å². The number of ether oxygens (including phenoxy) is 1. The topological polar surface area (TPSA) is 39.1 Å². The average molecular weight is 245 g/mol. The standard InChI is InChI=1S/C14H19N3O/c1-11-4-5-14(18-3)12(8-11)13-9-16-10-17(13)7-6-15-2/h4-5,8-10,15H,6-7H2,1-3H3. The summed E-state index contributed by atoms with van der Waals surface area (Å²) in [5, 5.41) is 3.14. The van der Waals surface area contributed by atoms with Crippen molar-refractivity contribution in [1.29, 1.82) is 0 Å². The molecular weight excluding hydrogens is 226 g/mol. The molecule has 0 atom stereocenters. The average Bonchev–Trinajstić information content (AvgIpc) is 2.84. The molecule has 0 aliphatic heterocycles. The lowest BCUT2D eigenvalue weighted by atomic mass is 10.1. The number of benzene rings is 1. The summed E-state index contributed by atoms with van der Waals surface area (Å²) in [6.45, 7) is 3.89. The summed E-state index contributed by atoms with van der Waals surface area (Å²) in [5.41, 5.74) is 3.39. The van der Waals surface area contributed by atoms with Gasteiger partial charge in [0.2, 0.25) is 0 Å². The second-order valence-electron chi connectivity index (χ2n) is 4.28. The van der Waals surface area contributed by atoms with Gasteiger partial charge in [0.15, 0.2) is 0 Å². The SMILES string of the molecule is CNCCn1cncc1-c1cc(C)ccc1OC. The van der Waals surface area contributed by atoms with Crippen molar-refractivity contribution in [2.45, 2.75) is 13.5 Å². The number of nitrogens with one attached hydrogen (secondary N) is 1. The van der Waals surface area contributed by atoms with Crippen molar-refractivity contribution in [3.63, 3.8) is 0 Å². The van der Waals surface area contributed by atoms with Crippen LogP contribution in [0.25, 0.3) is 11.3 Å². The summed E-state index contributed by atoms with van der Waals surface area (Å²) in [6, 6.07) is 6.18. The molecule has 0 unspecified atom stereocenters. The monoisotopic (exact) mass is 245 g/mol. The Morgan fingerprint density at radius 1 is 1.39 bits per heavy atom. The molecule has 96 valence electrons. The maximum atomic E-state index is 5.43. The molecule has 0 radical (unpaired) electrons. The van der Waals surface area contributed by atoms with Crippen molar-refractivity contribution in [1.82, 2.24) is 14.9 Å². The van der Waals surface area contributed by atoms with Gasteiger partial charge in [-0.15, -0.1) is 0 Å². The third-order valence-corrected chi connectivity index (χ3v) is 2.95. The minimum Gasteiger partial charge on any atom is -0.496 e. The predicted octanol–water partition coefficient (Wildman–Crippen LogP) is 2.09. The third-order valence-electron chi connectivity index (χ3n) is 2.95. The zero-order valence-corrected chi connectivity index (χ0v) is 11.1. The van der Waals surface area contributed by atoms with Crippen LogP contribution in [0.5, 0.6) is 5.75 Å². The number of imidazole rings is 1. The first-order valence-corrected chi connectivity index (χ1v) is 6.06. The van der Waals surface area contributed by atoms with Crippen LogP contribution < -0.4 is 10.1 Å². The van der Waals surface area contributed by atoms with Gasteiger partial charge in [-0.25, -0.2) is 4.98 Å². The highest BCUT2D eigenvalue weighted by atomic mass is 16.5. The molecule has 0 amide bonds. The van der Waals surface area contributed by atoms with E-state index in [1.807, 2.05) is 25.6 Å². The molecule has 0 fully saturated rings. The fourth-order valence-corrected chi connectivity index (χ4v) is 1.98. The Bertz CT molecular complexity index is 520. The van der Waals surface area contributed by atoms with Crippen LogP contribution in [0, 0.1) is 6.92 Å². The molecule has 2 aromatic rings. The number of nitrogens with zero attached hydrogens (tertiary/aromatic N) is 2. The maximum Gasteiger partial charge on any atom is 0.128 e. The van der Waals surface area contributed by atoms with E-state index in [0.29, 0.717) is 0 Å². The van der Waals surface area contributed by atoms with Gasteiger partial charge < -0.3 is 14.6 Å². The number of aromatic nitrogens is 2. The summed E-state index contributed by atoms with van der Waals surface area (Å²) in [4.78, 5) is 4.24. The lowest BCUT2D eigenvalue weighted by molar-refractivity contribution is 0.416. The molecule has 0 bridgehead atoms. The van der Waals surface area contributed by atoms with Crippen LogP contribution in [-0.4, -0.2) is 30.3 Å². The Morgan fingerprint density at radius 2 is 2.22 bits per heavy atom. The lowest BCUT2D eigenvalue weighted by Gasteiger charge is -2.12. The number of aryl methyl sites for hydroxylation is 1. The lowest BCUT2D eigenvalue weighted by Crippen LogP contribution is -2.15. The molecule has 1 N–H and O–H groups in total. The summed E-state index contributed by atoms with van der Waals surface area (Å²) in [6.07, 6.45) is 3.74. The summed E-state index contributed by atoms with van der Waals surface area (Å²) >= 11 is 0. The van der Waals surface area contributed by atoms with E-state index in [4.69, 9.17) is 4.74 Å². The molecule has 0 saturated carbocycles. The Balaban J connectivity index is 2.41. The number of methoxy groups -OCH3 is 1. The molecule has 0 saturated heterocycles. The van der Waals surface area contributed by atoms with Crippen molar-refractivity contribution >= 4 is 0 Å². The highest BCUT2D eigenvalue weighted by Crippen LogP contribution is 2.30. The predicted molar refractivity (Wildman–Crippen MR) is 72.9 cm³/mol. The highest BCUT2D eigenvalue weighted by molar-refractivity contribution is 5.68. The van der Waals surface area contributed by atoms with E-state index in [2.05, 4.69) is 33.9 Å². The van der Waals surface area contributed by atoms with Gasteiger partial charge >= 0.3 is 0 Å². The van der Waals surface area contributed by atoms with Crippen LogP contribution in [-0.2, 0) is 6.54 Å². The Labute approximate surface area is 108 Å². The number of rotatable bonds is 5. The van der Waals surface area contributed by atoms with Gasteiger partial charge in [0.05, 0.1) is 25.3 Å². The van der Waals surface area contributed by atoms with Crippen molar-refractivity contribution in [2.75, 3.05) is 20.7 Å². The van der Waals surface area contributed by atoms with Gasteiger partial charge in [-0.2, -0.15) is 0 Å². The van der Waals surface area contributed by atoms with Crippen LogP contribution in [0.4, 0.5) is 0 Å². The van der Waals surface area contributed by atoms with E-state index in [9.17, 15) is 0 Å². The molecule has 0 aliphatic carbocycles. The fraction of sp³-hybridized carbons (Fsp3) is 0.357. The number of likely N-dealkylation sites (N-methyl/N-ethyl adjacent to an activating group) is 1. The molecule has 4 heteroatoms. The van der Waals surface area contributed by atoms with Gasteiger partial charge in [-0.3, -0.25) is 0 Å². The minimum atomic E-state index is 0.881. The zero-order chi connectivity index (χ0) is 13.0. The zero-order valence-electron chi connectivity index (χ0n) is 11.1. The second-order valence-corrected chi connectivity index (χ2v) is 4.28. The first-order chi connectivity index (χ1) is 8.76. The molecule has 1 aromatic carbocycles. The van der Waals surface area contributed by atoms with Crippen LogP contribution in [0.15, 0.2) is 30.7 Å². The van der Waals surface area contributed by atoms with Crippen molar-refractivity contribution in [3.8, 4) is 17.0 Å². The fourth-order valence-electron chi connectivity index (χ4n) is 1.98. The summed E-state index contributed by atoms with van der Waals surface area (Å²) < 4.78 is 7.56. The minimum absolute atomic E-state index is 0.881. The Morgan fingerprint density at radius 3 is 2.94 bits per heavy atom. The van der Waals surface area contributed by atoms with E-state index in [-0.39, 0.29) is 0 Å². The third kappa shape index (κ3) is 2.54. The first kappa shape index (κ1) is 12.6. The number of hydrogen-bond acceptors (Lipinski definition) is 3. The van der Waals surface area contributed by atoms with E-state index in [1.54, 1.807) is 7.11 Å². The Hall–Kier alpha value is -1.81. The van der Waals surface area contributed by atoms with Crippen molar-refractivity contribution in [3.05, 3.63) is 36.3 Å². The molecular formula is C14H19N3O.